The van der Waals surface area contributed by atoms with Crippen LogP contribution in [-0.2, 0) is 0 Å². The smallest absolute Gasteiger partial charge is 0.255 e. The van der Waals surface area contributed by atoms with Gasteiger partial charge in [0.25, 0.3) is 11.8 Å². The van der Waals surface area contributed by atoms with E-state index in [9.17, 15) is 14.0 Å². The summed E-state index contributed by atoms with van der Waals surface area (Å²) >= 11 is 0. The molecule has 0 atom stereocenters. The van der Waals surface area contributed by atoms with Crippen molar-refractivity contribution in [3.63, 3.8) is 0 Å². The van der Waals surface area contributed by atoms with Crippen LogP contribution >= 0.6 is 0 Å². The Bertz CT molecular complexity index is 741. The zero-order chi connectivity index (χ0) is 16.3. The average Bonchev–Trinajstić information content (AvgIpc) is 2.51. The zero-order valence-corrected chi connectivity index (χ0v) is 12.7. The molecule has 0 aliphatic carbocycles. The lowest BCUT2D eigenvalue weighted by molar-refractivity contribution is 0.0962. The highest BCUT2D eigenvalue weighted by Crippen LogP contribution is 2.18. The van der Waals surface area contributed by atoms with Gasteiger partial charge in [-0.1, -0.05) is 0 Å². The van der Waals surface area contributed by atoms with Crippen LogP contribution in [0.1, 0.15) is 31.8 Å². The molecule has 0 radical (unpaired) electrons. The second-order valence-electron chi connectivity index (χ2n) is 5.03. The van der Waals surface area contributed by atoms with E-state index in [1.807, 2.05) is 0 Å². The van der Waals surface area contributed by atoms with Gasteiger partial charge in [-0.05, 0) is 61.4 Å². The first-order valence-electron chi connectivity index (χ1n) is 6.82. The number of rotatable bonds is 3. The molecule has 2 rings (SSSR count). The molecule has 0 aromatic heterocycles. The average molecular weight is 300 g/mol. The first-order chi connectivity index (χ1) is 10.4. The Morgan fingerprint density at radius 3 is 2.09 bits per heavy atom. The number of carbonyl (C=O) groups is 2. The van der Waals surface area contributed by atoms with Crippen molar-refractivity contribution in [2.75, 3.05) is 12.4 Å². The van der Waals surface area contributed by atoms with Gasteiger partial charge in [0.1, 0.15) is 5.82 Å². The molecule has 5 heteroatoms. The summed E-state index contributed by atoms with van der Waals surface area (Å²) in [7, 11) is 1.56. The van der Waals surface area contributed by atoms with Gasteiger partial charge in [0, 0.05) is 23.9 Å². The molecule has 0 saturated heterocycles. The first-order valence-corrected chi connectivity index (χ1v) is 6.82. The van der Waals surface area contributed by atoms with E-state index >= 15 is 0 Å². The molecule has 2 aromatic carbocycles. The fourth-order valence-electron chi connectivity index (χ4n) is 2.07. The third kappa shape index (κ3) is 3.31. The Kier molecular flexibility index (Phi) is 4.56. The summed E-state index contributed by atoms with van der Waals surface area (Å²) in [5, 5.41) is 5.31. The number of anilines is 1. The number of halogens is 1. The molecule has 2 aromatic rings. The molecule has 2 N–H and O–H groups in total. The highest BCUT2D eigenvalue weighted by molar-refractivity contribution is 6.05. The van der Waals surface area contributed by atoms with Crippen molar-refractivity contribution in [3.8, 4) is 0 Å². The Morgan fingerprint density at radius 2 is 1.50 bits per heavy atom. The normalized spacial score (nSPS) is 10.2. The molecule has 22 heavy (non-hydrogen) atoms. The van der Waals surface area contributed by atoms with Crippen molar-refractivity contribution >= 4 is 17.5 Å². The number of amides is 2. The van der Waals surface area contributed by atoms with E-state index in [1.54, 1.807) is 39.1 Å². The minimum atomic E-state index is -0.345. The van der Waals surface area contributed by atoms with Crippen LogP contribution in [0.25, 0.3) is 0 Å². The molecular formula is C17H17FN2O2. The van der Waals surface area contributed by atoms with Gasteiger partial charge in [-0.3, -0.25) is 9.59 Å². The molecule has 4 nitrogen and oxygen atoms in total. The van der Waals surface area contributed by atoms with Gasteiger partial charge >= 0.3 is 0 Å². The van der Waals surface area contributed by atoms with Gasteiger partial charge in [0.05, 0.1) is 0 Å². The van der Waals surface area contributed by atoms with Crippen molar-refractivity contribution in [1.82, 2.24) is 5.32 Å². The summed E-state index contributed by atoms with van der Waals surface area (Å²) in [6, 6.07) is 9.21. The zero-order valence-electron chi connectivity index (χ0n) is 12.7. The van der Waals surface area contributed by atoms with E-state index < -0.39 is 0 Å². The molecule has 114 valence electrons. The van der Waals surface area contributed by atoms with Gasteiger partial charge in [-0.25, -0.2) is 4.39 Å². The second kappa shape index (κ2) is 6.39. The fourth-order valence-corrected chi connectivity index (χ4v) is 2.07. The largest absolute Gasteiger partial charge is 0.355 e. The van der Waals surface area contributed by atoms with Crippen molar-refractivity contribution < 1.29 is 14.0 Å². The lowest BCUT2D eigenvalue weighted by atomic mass is 10.1. The maximum atomic E-state index is 13.2. The molecule has 0 aliphatic rings. The van der Waals surface area contributed by atoms with E-state index in [4.69, 9.17) is 0 Å². The maximum absolute atomic E-state index is 13.2. The van der Waals surface area contributed by atoms with Crippen LogP contribution in [0.2, 0.25) is 0 Å². The third-order valence-corrected chi connectivity index (χ3v) is 3.38. The molecule has 0 spiro atoms. The molecule has 0 saturated carbocycles. The number of aryl methyl sites for hydroxylation is 2. The Labute approximate surface area is 128 Å². The van der Waals surface area contributed by atoms with Crippen molar-refractivity contribution in [1.29, 1.82) is 0 Å². The van der Waals surface area contributed by atoms with E-state index in [0.717, 1.165) is 5.56 Å². The number of benzene rings is 2. The standard InChI is InChI=1S/C17H17FN2O2/c1-10-8-13(4-6-14(10)18)17(22)20-15-7-5-12(9-11(15)2)16(21)19-3/h4-9H,1-3H3,(H,19,21)(H,20,22). The van der Waals surface area contributed by atoms with E-state index in [1.165, 1.54) is 18.2 Å². The number of carbonyl (C=O) groups excluding carboxylic acids is 2. The van der Waals surface area contributed by atoms with E-state index in [-0.39, 0.29) is 17.6 Å². The second-order valence-corrected chi connectivity index (χ2v) is 5.03. The highest BCUT2D eigenvalue weighted by Gasteiger charge is 2.11. The number of nitrogens with one attached hydrogen (secondary N) is 2. The molecular weight excluding hydrogens is 283 g/mol. The molecule has 0 aliphatic heterocycles. The van der Waals surface area contributed by atoms with Crippen LogP contribution in [0, 0.1) is 19.7 Å². The van der Waals surface area contributed by atoms with Crippen molar-refractivity contribution in [2.45, 2.75) is 13.8 Å². The summed E-state index contributed by atoms with van der Waals surface area (Å²) in [5.74, 6) is -0.850. The summed E-state index contributed by atoms with van der Waals surface area (Å²) in [6.45, 7) is 3.41. The lowest BCUT2D eigenvalue weighted by Gasteiger charge is -2.10. The van der Waals surface area contributed by atoms with Crippen LogP contribution in [0.3, 0.4) is 0 Å². The Balaban J connectivity index is 2.21. The highest BCUT2D eigenvalue weighted by atomic mass is 19.1. The third-order valence-electron chi connectivity index (χ3n) is 3.38. The predicted octanol–water partition coefficient (Wildman–Crippen LogP) is 3.05. The number of hydrogen-bond donors (Lipinski definition) is 2. The monoisotopic (exact) mass is 300 g/mol. The SMILES string of the molecule is CNC(=O)c1ccc(NC(=O)c2ccc(F)c(C)c2)c(C)c1. The van der Waals surface area contributed by atoms with E-state index in [0.29, 0.717) is 22.4 Å². The Hall–Kier alpha value is -2.69. The van der Waals surface area contributed by atoms with E-state index in [2.05, 4.69) is 10.6 Å². The van der Waals surface area contributed by atoms with Gasteiger partial charge in [-0.2, -0.15) is 0 Å². The van der Waals surface area contributed by atoms with Gasteiger partial charge in [-0.15, -0.1) is 0 Å². The van der Waals surface area contributed by atoms with Crippen LogP contribution in [-0.4, -0.2) is 18.9 Å². The van der Waals surface area contributed by atoms with Crippen molar-refractivity contribution in [3.05, 3.63) is 64.5 Å². The molecule has 0 bridgehead atoms. The predicted molar refractivity (Wildman–Crippen MR) is 83.7 cm³/mol. The Morgan fingerprint density at radius 1 is 0.909 bits per heavy atom. The topological polar surface area (TPSA) is 58.2 Å². The number of hydrogen-bond acceptors (Lipinski definition) is 2. The quantitative estimate of drug-likeness (QED) is 0.915. The fraction of sp³-hybridized carbons (Fsp3) is 0.176. The maximum Gasteiger partial charge on any atom is 0.255 e. The minimum absolute atomic E-state index is 0.185. The minimum Gasteiger partial charge on any atom is -0.355 e. The lowest BCUT2D eigenvalue weighted by Crippen LogP contribution is -2.18. The summed E-state index contributed by atoms with van der Waals surface area (Å²) in [6.07, 6.45) is 0. The van der Waals surface area contributed by atoms with Gasteiger partial charge in [0.15, 0.2) is 0 Å². The molecule has 2 amide bonds. The van der Waals surface area contributed by atoms with Crippen LogP contribution in [0.4, 0.5) is 10.1 Å². The van der Waals surface area contributed by atoms with Crippen LogP contribution in [0.15, 0.2) is 36.4 Å². The van der Waals surface area contributed by atoms with Crippen LogP contribution < -0.4 is 10.6 Å². The summed E-state index contributed by atoms with van der Waals surface area (Å²) in [4.78, 5) is 23.7. The van der Waals surface area contributed by atoms with Crippen molar-refractivity contribution in [2.24, 2.45) is 0 Å². The summed E-state index contributed by atoms with van der Waals surface area (Å²) in [5.41, 5.74) is 2.71. The first kappa shape index (κ1) is 15.7. The molecule has 0 fully saturated rings. The molecule has 0 heterocycles. The van der Waals surface area contributed by atoms with Crippen LogP contribution in [0.5, 0.6) is 0 Å². The summed E-state index contributed by atoms with van der Waals surface area (Å²) < 4.78 is 13.2. The molecule has 0 unspecified atom stereocenters. The van der Waals surface area contributed by atoms with Gasteiger partial charge < -0.3 is 10.6 Å². The van der Waals surface area contributed by atoms with Gasteiger partial charge in [0.2, 0.25) is 0 Å².